The van der Waals surface area contributed by atoms with Crippen molar-refractivity contribution in [1.82, 2.24) is 5.32 Å². The SMILES string of the molecule is Cc1ccccc1C(C)(C)C(/C=C/C=C/C=C/C=C1/N(CCCCCC(=O)O)c2ccc(S(=O)(=O)O)cc2C1(C)C)=NCCCNC(=O)C1(C)CCc2c(C)c(O)c(C)c(C)c2O1. The van der Waals surface area contributed by atoms with Gasteiger partial charge in [-0.25, -0.2) is 0 Å². The van der Waals surface area contributed by atoms with Crippen molar-refractivity contribution in [2.45, 2.75) is 129 Å². The first-order chi connectivity index (χ1) is 29.6. The number of allylic oxidation sites excluding steroid dienone is 8. The number of hydrogen-bond acceptors (Lipinski definition) is 8. The molecule has 0 radical (unpaired) electrons. The minimum atomic E-state index is -4.39. The summed E-state index contributed by atoms with van der Waals surface area (Å²) in [6.07, 6.45) is 17.7. The van der Waals surface area contributed by atoms with Crippen LogP contribution in [-0.4, -0.2) is 66.0 Å². The summed E-state index contributed by atoms with van der Waals surface area (Å²) in [5.41, 5.74) is 7.22. The molecule has 3 aromatic rings. The first-order valence-corrected chi connectivity index (χ1v) is 23.3. The van der Waals surface area contributed by atoms with Gasteiger partial charge in [0.05, 0.1) is 4.90 Å². The number of nitrogens with zero attached hydrogens (tertiary/aromatic N) is 2. The molecule has 338 valence electrons. The van der Waals surface area contributed by atoms with Crippen molar-refractivity contribution in [1.29, 1.82) is 0 Å². The largest absolute Gasteiger partial charge is 0.507 e. The van der Waals surface area contributed by atoms with E-state index in [0.717, 1.165) is 57.8 Å². The van der Waals surface area contributed by atoms with Gasteiger partial charge in [-0.3, -0.25) is 19.1 Å². The molecule has 0 bridgehead atoms. The minimum absolute atomic E-state index is 0.114. The standard InChI is InChI=1S/C51H65N3O8S/c1-34-21-17-18-22-40(34)49(5,6)43(52-30-20-31-53-48(58)51(9)29-28-39-37(4)46(57)35(2)36(3)47(39)62-51)23-14-11-10-12-15-24-44-50(7,8)41-33-38(63(59,60)61)26-27-42(41)54(44)32-19-13-16-25-45(55)56/h10-12,14-15,17-18,21-24,26-27,33,57H,13,16,19-20,25,28-32H2,1-9H3,(H,53,58)(H,55,56)(H,59,60,61)/b11-10+,15-12+,23-14+,44-24+,52-43?. The van der Waals surface area contributed by atoms with E-state index in [9.17, 15) is 27.7 Å². The zero-order valence-corrected chi connectivity index (χ0v) is 39.2. The molecule has 12 heteroatoms. The number of fused-ring (bicyclic) bond motifs is 2. The quantitative estimate of drug-likeness (QED) is 0.0421. The number of amides is 1. The number of carboxylic acids is 1. The lowest BCUT2D eigenvalue weighted by Gasteiger charge is -2.36. The number of phenols is 1. The number of hydrogen-bond donors (Lipinski definition) is 4. The van der Waals surface area contributed by atoms with Gasteiger partial charge >= 0.3 is 5.97 Å². The second-order valence-corrected chi connectivity index (χ2v) is 19.4. The molecule has 11 nitrogen and oxygen atoms in total. The zero-order chi connectivity index (χ0) is 46.3. The summed E-state index contributed by atoms with van der Waals surface area (Å²) < 4.78 is 40.2. The molecule has 3 aromatic carbocycles. The Morgan fingerprint density at radius 3 is 2.32 bits per heavy atom. The fourth-order valence-corrected chi connectivity index (χ4v) is 9.22. The van der Waals surface area contributed by atoms with E-state index < -0.39 is 32.5 Å². The number of carboxylic acid groups (broad SMARTS) is 1. The number of aryl methyl sites for hydroxylation is 1. The molecule has 2 heterocycles. The Balaban J connectivity index is 1.28. The molecular weight excluding hydrogens is 815 g/mol. The van der Waals surface area contributed by atoms with Crippen LogP contribution in [0.2, 0.25) is 0 Å². The number of aliphatic carboxylic acids is 1. The molecular formula is C51H65N3O8S. The van der Waals surface area contributed by atoms with Gasteiger partial charge in [0, 0.05) is 66.0 Å². The lowest BCUT2D eigenvalue weighted by Crippen LogP contribution is -2.51. The summed E-state index contributed by atoms with van der Waals surface area (Å²) >= 11 is 0. The Morgan fingerprint density at radius 1 is 0.921 bits per heavy atom. The molecule has 4 N–H and O–H groups in total. The highest BCUT2D eigenvalue weighted by molar-refractivity contribution is 7.85. The Bertz CT molecular complexity index is 2480. The average Bonchev–Trinajstić information content (AvgIpc) is 3.44. The minimum Gasteiger partial charge on any atom is -0.507 e. The lowest BCUT2D eigenvalue weighted by molar-refractivity contribution is -0.137. The van der Waals surface area contributed by atoms with E-state index in [1.807, 2.05) is 96.2 Å². The molecule has 0 spiro atoms. The second kappa shape index (κ2) is 19.9. The third-order valence-electron chi connectivity index (χ3n) is 12.7. The van der Waals surface area contributed by atoms with E-state index in [2.05, 4.69) is 43.1 Å². The number of carbonyl (C=O) groups is 2. The predicted octanol–water partition coefficient (Wildman–Crippen LogP) is 9.88. The van der Waals surface area contributed by atoms with Crippen LogP contribution in [-0.2, 0) is 37.0 Å². The summed E-state index contributed by atoms with van der Waals surface area (Å²) in [5.74, 6) is 0.00195. The number of benzene rings is 3. The Morgan fingerprint density at radius 2 is 1.62 bits per heavy atom. The highest BCUT2D eigenvalue weighted by Crippen LogP contribution is 2.49. The monoisotopic (exact) mass is 879 g/mol. The van der Waals surface area contributed by atoms with Gasteiger partial charge in [-0.1, -0.05) is 88.8 Å². The Kier molecular flexibility index (Phi) is 15.4. The van der Waals surface area contributed by atoms with Gasteiger partial charge in [0.1, 0.15) is 11.5 Å². The smallest absolute Gasteiger partial charge is 0.303 e. The van der Waals surface area contributed by atoms with Crippen molar-refractivity contribution in [3.63, 3.8) is 0 Å². The molecule has 5 rings (SSSR count). The summed E-state index contributed by atoms with van der Waals surface area (Å²) in [7, 11) is -4.39. The maximum absolute atomic E-state index is 13.5. The van der Waals surface area contributed by atoms with Crippen LogP contribution in [0.1, 0.15) is 112 Å². The number of ether oxygens (including phenoxy) is 1. The van der Waals surface area contributed by atoms with E-state index in [1.165, 1.54) is 23.3 Å². The number of phenolic OH excluding ortho intramolecular Hbond substituents is 1. The summed E-state index contributed by atoms with van der Waals surface area (Å²) in [6.45, 7) is 19.5. The van der Waals surface area contributed by atoms with Crippen LogP contribution in [0.5, 0.6) is 11.5 Å². The van der Waals surface area contributed by atoms with Gasteiger partial charge in [0.15, 0.2) is 5.60 Å². The van der Waals surface area contributed by atoms with Gasteiger partial charge < -0.3 is 25.2 Å². The summed E-state index contributed by atoms with van der Waals surface area (Å²) in [5, 5.41) is 22.7. The van der Waals surface area contributed by atoms with Gasteiger partial charge in [0.2, 0.25) is 0 Å². The fourth-order valence-electron chi connectivity index (χ4n) is 8.71. The van der Waals surface area contributed by atoms with Crippen LogP contribution in [0.25, 0.3) is 0 Å². The van der Waals surface area contributed by atoms with E-state index in [4.69, 9.17) is 14.8 Å². The summed E-state index contributed by atoms with van der Waals surface area (Å²) in [6, 6.07) is 13.0. The topological polar surface area (TPSA) is 166 Å². The van der Waals surface area contributed by atoms with Gasteiger partial charge in [-0.15, -0.1) is 0 Å². The average molecular weight is 880 g/mol. The van der Waals surface area contributed by atoms with Crippen molar-refractivity contribution in [3.8, 4) is 11.5 Å². The molecule has 2 aliphatic rings. The zero-order valence-electron chi connectivity index (χ0n) is 38.3. The summed E-state index contributed by atoms with van der Waals surface area (Å²) in [4.78, 5) is 31.6. The van der Waals surface area contributed by atoms with Crippen LogP contribution in [0.4, 0.5) is 5.69 Å². The van der Waals surface area contributed by atoms with Crippen molar-refractivity contribution < 1.29 is 37.5 Å². The molecule has 1 amide bonds. The molecule has 0 fully saturated rings. The lowest BCUT2D eigenvalue weighted by atomic mass is 9.77. The number of anilines is 1. The normalized spacial score (nSPS) is 18.3. The number of aromatic hydroxyl groups is 1. The molecule has 0 aromatic heterocycles. The third-order valence-corrected chi connectivity index (χ3v) is 13.6. The molecule has 0 saturated carbocycles. The fraction of sp³-hybridized carbons (Fsp3) is 0.431. The maximum atomic E-state index is 13.5. The van der Waals surface area contributed by atoms with Crippen molar-refractivity contribution in [2.75, 3.05) is 24.5 Å². The van der Waals surface area contributed by atoms with E-state index >= 15 is 0 Å². The van der Waals surface area contributed by atoms with Gasteiger partial charge in [0.25, 0.3) is 16.0 Å². The third kappa shape index (κ3) is 11.0. The molecule has 0 saturated heterocycles. The molecule has 1 unspecified atom stereocenters. The first-order valence-electron chi connectivity index (χ1n) is 21.8. The highest BCUT2D eigenvalue weighted by Gasteiger charge is 2.42. The Labute approximate surface area is 374 Å². The number of aliphatic imine (C=N–C) groups is 1. The van der Waals surface area contributed by atoms with Crippen molar-refractivity contribution in [3.05, 3.63) is 130 Å². The molecule has 2 aliphatic heterocycles. The molecule has 1 atom stereocenters. The van der Waals surface area contributed by atoms with Crippen LogP contribution in [0.15, 0.2) is 101 Å². The van der Waals surface area contributed by atoms with Crippen LogP contribution < -0.4 is 15.0 Å². The van der Waals surface area contributed by atoms with Crippen molar-refractivity contribution in [2.24, 2.45) is 4.99 Å². The second-order valence-electron chi connectivity index (χ2n) is 18.0. The number of unbranched alkanes of at least 4 members (excludes halogenated alkanes) is 2. The van der Waals surface area contributed by atoms with E-state index in [1.54, 1.807) is 6.07 Å². The first kappa shape index (κ1) is 48.6. The number of nitrogens with one attached hydrogen (secondary N) is 1. The molecule has 63 heavy (non-hydrogen) atoms. The van der Waals surface area contributed by atoms with Crippen LogP contribution in [0, 0.1) is 27.7 Å². The van der Waals surface area contributed by atoms with Gasteiger partial charge in [-0.2, -0.15) is 8.42 Å². The van der Waals surface area contributed by atoms with E-state index in [0.29, 0.717) is 51.1 Å². The van der Waals surface area contributed by atoms with E-state index in [-0.39, 0.29) is 23.0 Å². The maximum Gasteiger partial charge on any atom is 0.303 e. The van der Waals surface area contributed by atoms with Crippen LogP contribution >= 0.6 is 0 Å². The number of rotatable bonds is 18. The Hall–Kier alpha value is -5.46. The highest BCUT2D eigenvalue weighted by atomic mass is 32.2. The van der Waals surface area contributed by atoms with Crippen molar-refractivity contribution >= 4 is 33.4 Å². The predicted molar refractivity (Wildman–Crippen MR) is 252 cm³/mol. The van der Waals surface area contributed by atoms with Crippen LogP contribution in [0.3, 0.4) is 0 Å². The van der Waals surface area contributed by atoms with Gasteiger partial charge in [-0.05, 0) is 124 Å². The molecule has 0 aliphatic carbocycles. The number of carbonyl (C=O) groups excluding carboxylic acids is 1.